The summed E-state index contributed by atoms with van der Waals surface area (Å²) in [5.41, 5.74) is 6.99. The van der Waals surface area contributed by atoms with Crippen LogP contribution in [0.5, 0.6) is 0 Å². The Kier molecular flexibility index (Phi) is 8.70. The Balaban J connectivity index is 2.11. The molecule has 31 heavy (non-hydrogen) atoms. The third-order valence-electron chi connectivity index (χ3n) is 4.52. The van der Waals surface area contributed by atoms with Crippen molar-refractivity contribution < 1.29 is 29.4 Å². The fraction of sp³-hybridized carbons (Fsp3) is 0.350. The van der Waals surface area contributed by atoms with E-state index in [2.05, 4.69) is 20.6 Å². The topological polar surface area (TPSA) is 188 Å². The Hall–Kier alpha value is -3.73. The van der Waals surface area contributed by atoms with Crippen LogP contribution < -0.4 is 16.4 Å². The number of carbonyl (C=O) groups is 4. The second kappa shape index (κ2) is 11.5. The van der Waals surface area contributed by atoms with E-state index in [1.54, 1.807) is 30.3 Å². The molecule has 0 radical (unpaired) electrons. The van der Waals surface area contributed by atoms with E-state index in [9.17, 15) is 24.3 Å². The number of aromatic nitrogens is 2. The van der Waals surface area contributed by atoms with Crippen LogP contribution in [0.3, 0.4) is 0 Å². The van der Waals surface area contributed by atoms with E-state index in [1.165, 1.54) is 12.5 Å². The smallest absolute Gasteiger partial charge is 0.326 e. The lowest BCUT2D eigenvalue weighted by molar-refractivity contribution is -0.142. The lowest BCUT2D eigenvalue weighted by Crippen LogP contribution is -2.55. The van der Waals surface area contributed by atoms with Crippen molar-refractivity contribution in [2.75, 3.05) is 0 Å². The molecule has 0 aliphatic carbocycles. The highest BCUT2D eigenvalue weighted by atomic mass is 16.4. The van der Waals surface area contributed by atoms with Crippen molar-refractivity contribution in [3.63, 3.8) is 0 Å². The van der Waals surface area contributed by atoms with E-state index < -0.39 is 41.9 Å². The molecule has 1 heterocycles. The van der Waals surface area contributed by atoms with Gasteiger partial charge in [-0.1, -0.05) is 30.3 Å². The number of hydrogen-bond donors (Lipinski definition) is 6. The third-order valence-corrected chi connectivity index (χ3v) is 4.52. The van der Waals surface area contributed by atoms with Gasteiger partial charge in [-0.3, -0.25) is 14.4 Å². The summed E-state index contributed by atoms with van der Waals surface area (Å²) in [6, 6.07) is 5.38. The van der Waals surface area contributed by atoms with Crippen LogP contribution in [0, 0.1) is 0 Å². The summed E-state index contributed by atoms with van der Waals surface area (Å²) in [5, 5.41) is 23.2. The van der Waals surface area contributed by atoms with E-state index in [0.717, 1.165) is 5.56 Å². The number of nitrogens with zero attached hydrogens (tertiary/aromatic N) is 1. The number of amides is 2. The van der Waals surface area contributed by atoms with Crippen LogP contribution in [0.4, 0.5) is 0 Å². The molecule has 0 saturated carbocycles. The number of rotatable bonds is 12. The van der Waals surface area contributed by atoms with Gasteiger partial charge in [0.05, 0.1) is 12.4 Å². The SMILES string of the molecule is N[C@@H](CCC(=O)O)C(=O)N[C@@H](Cc1ccccc1)C(=O)N[C@@H](Cc1cnc[nH]1)C(=O)O. The summed E-state index contributed by atoms with van der Waals surface area (Å²) in [7, 11) is 0. The number of carbonyl (C=O) groups excluding carboxylic acids is 2. The zero-order chi connectivity index (χ0) is 22.8. The second-order valence-corrected chi connectivity index (χ2v) is 6.97. The number of nitrogens with one attached hydrogen (secondary N) is 3. The average molecular weight is 431 g/mol. The minimum Gasteiger partial charge on any atom is -0.481 e. The van der Waals surface area contributed by atoms with Crippen molar-refractivity contribution in [3.05, 3.63) is 54.1 Å². The fourth-order valence-electron chi connectivity index (χ4n) is 2.84. The van der Waals surface area contributed by atoms with Gasteiger partial charge in [-0.05, 0) is 12.0 Å². The van der Waals surface area contributed by atoms with Crippen molar-refractivity contribution in [3.8, 4) is 0 Å². The lowest BCUT2D eigenvalue weighted by Gasteiger charge is -2.23. The Bertz CT molecular complexity index is 887. The molecular weight excluding hydrogens is 406 g/mol. The number of carboxylic acid groups (broad SMARTS) is 2. The number of aromatic amines is 1. The molecule has 0 aliphatic rings. The minimum absolute atomic E-state index is 0.0226. The van der Waals surface area contributed by atoms with Crippen molar-refractivity contribution in [2.24, 2.45) is 5.73 Å². The summed E-state index contributed by atoms with van der Waals surface area (Å²) >= 11 is 0. The monoisotopic (exact) mass is 431 g/mol. The van der Waals surface area contributed by atoms with E-state index in [4.69, 9.17) is 10.8 Å². The molecule has 11 heteroatoms. The molecule has 2 aromatic rings. The molecule has 11 nitrogen and oxygen atoms in total. The maximum atomic E-state index is 12.9. The molecule has 0 spiro atoms. The average Bonchev–Trinajstić information content (AvgIpc) is 3.24. The van der Waals surface area contributed by atoms with Gasteiger partial charge >= 0.3 is 11.9 Å². The summed E-state index contributed by atoms with van der Waals surface area (Å²) in [6.45, 7) is 0. The molecule has 1 aromatic heterocycles. The van der Waals surface area contributed by atoms with Gasteiger partial charge in [-0.15, -0.1) is 0 Å². The van der Waals surface area contributed by atoms with Crippen LogP contribution in [0.2, 0.25) is 0 Å². The second-order valence-electron chi connectivity index (χ2n) is 6.97. The van der Waals surface area contributed by atoms with Crippen molar-refractivity contribution in [1.29, 1.82) is 0 Å². The predicted molar refractivity (Wildman–Crippen MR) is 109 cm³/mol. The van der Waals surface area contributed by atoms with Gasteiger partial charge in [0.25, 0.3) is 0 Å². The molecule has 0 bridgehead atoms. The normalized spacial score (nSPS) is 13.6. The molecule has 2 amide bonds. The van der Waals surface area contributed by atoms with Gasteiger partial charge in [-0.2, -0.15) is 0 Å². The number of H-pyrrole nitrogens is 1. The molecule has 0 unspecified atom stereocenters. The van der Waals surface area contributed by atoms with Crippen molar-refractivity contribution in [1.82, 2.24) is 20.6 Å². The predicted octanol–water partition coefficient (Wildman–Crippen LogP) is -0.559. The van der Waals surface area contributed by atoms with Crippen molar-refractivity contribution >= 4 is 23.8 Å². The highest BCUT2D eigenvalue weighted by Gasteiger charge is 2.28. The van der Waals surface area contributed by atoms with E-state index in [0.29, 0.717) is 5.69 Å². The number of carboxylic acids is 2. The first-order valence-electron chi connectivity index (χ1n) is 9.58. The van der Waals surface area contributed by atoms with E-state index >= 15 is 0 Å². The highest BCUT2D eigenvalue weighted by Crippen LogP contribution is 2.06. The Morgan fingerprint density at radius 2 is 1.68 bits per heavy atom. The van der Waals surface area contributed by atoms with Gasteiger partial charge in [0.15, 0.2) is 0 Å². The van der Waals surface area contributed by atoms with Gasteiger partial charge < -0.3 is 31.6 Å². The molecule has 3 atom stereocenters. The zero-order valence-electron chi connectivity index (χ0n) is 16.7. The van der Waals surface area contributed by atoms with Crippen LogP contribution >= 0.6 is 0 Å². The highest BCUT2D eigenvalue weighted by molar-refractivity contribution is 5.92. The van der Waals surface area contributed by atoms with Gasteiger partial charge in [0.2, 0.25) is 11.8 Å². The quantitative estimate of drug-likeness (QED) is 0.258. The number of imidazole rings is 1. The van der Waals surface area contributed by atoms with Crippen LogP contribution in [-0.2, 0) is 32.0 Å². The molecule has 0 aliphatic heterocycles. The third kappa shape index (κ3) is 7.90. The van der Waals surface area contributed by atoms with Gasteiger partial charge in [0.1, 0.15) is 12.1 Å². The maximum Gasteiger partial charge on any atom is 0.326 e. The van der Waals surface area contributed by atoms with Crippen LogP contribution in [-0.4, -0.2) is 62.1 Å². The first-order chi connectivity index (χ1) is 14.8. The number of aliphatic carboxylic acids is 2. The molecule has 0 saturated heterocycles. The summed E-state index contributed by atoms with van der Waals surface area (Å²) in [5.74, 6) is -3.73. The standard InChI is InChI=1S/C20H25N5O6/c21-14(6-7-17(26)27)18(28)24-15(8-12-4-2-1-3-5-12)19(29)25-16(20(30)31)9-13-10-22-11-23-13/h1-5,10-11,14-16H,6-9,21H2,(H,22,23)(H,24,28)(H,25,29)(H,26,27)(H,30,31)/t14-,15-,16-/m0/s1. The Labute approximate surface area is 178 Å². The van der Waals surface area contributed by atoms with Crippen LogP contribution in [0.1, 0.15) is 24.1 Å². The van der Waals surface area contributed by atoms with Crippen molar-refractivity contribution in [2.45, 2.75) is 43.8 Å². The van der Waals surface area contributed by atoms with E-state index in [-0.39, 0.29) is 25.7 Å². The zero-order valence-corrected chi connectivity index (χ0v) is 16.7. The van der Waals surface area contributed by atoms with Gasteiger partial charge in [-0.25, -0.2) is 9.78 Å². The lowest BCUT2D eigenvalue weighted by atomic mass is 10.0. The summed E-state index contributed by atoms with van der Waals surface area (Å²) in [4.78, 5) is 54.2. The largest absolute Gasteiger partial charge is 0.481 e. The van der Waals surface area contributed by atoms with Crippen LogP contribution in [0.15, 0.2) is 42.9 Å². The first kappa shape index (κ1) is 23.5. The number of nitrogens with two attached hydrogens (primary N) is 1. The molecule has 1 aromatic carbocycles. The molecule has 2 rings (SSSR count). The Morgan fingerprint density at radius 3 is 2.26 bits per heavy atom. The molecule has 0 fully saturated rings. The first-order valence-corrected chi connectivity index (χ1v) is 9.58. The molecular formula is C20H25N5O6. The number of hydrogen-bond acceptors (Lipinski definition) is 6. The van der Waals surface area contributed by atoms with Crippen LogP contribution in [0.25, 0.3) is 0 Å². The maximum absolute atomic E-state index is 12.9. The molecule has 7 N–H and O–H groups in total. The van der Waals surface area contributed by atoms with E-state index in [1.807, 2.05) is 0 Å². The fourth-order valence-corrected chi connectivity index (χ4v) is 2.84. The Morgan fingerprint density at radius 1 is 1.00 bits per heavy atom. The number of benzene rings is 1. The summed E-state index contributed by atoms with van der Waals surface area (Å²) in [6.07, 6.45) is 2.53. The minimum atomic E-state index is -1.25. The summed E-state index contributed by atoms with van der Waals surface area (Å²) < 4.78 is 0. The van der Waals surface area contributed by atoms with Gasteiger partial charge in [0, 0.05) is 31.2 Å². The molecule has 166 valence electrons.